The van der Waals surface area contributed by atoms with Crippen LogP contribution in [-0.2, 0) is 9.59 Å². The molecule has 0 saturated heterocycles. The maximum atomic E-state index is 13.1. The van der Waals surface area contributed by atoms with Crippen LogP contribution in [-0.4, -0.2) is 17.9 Å². The highest BCUT2D eigenvalue weighted by Crippen LogP contribution is 2.47. The van der Waals surface area contributed by atoms with Gasteiger partial charge in [0.2, 0.25) is 11.8 Å². The van der Waals surface area contributed by atoms with Gasteiger partial charge in [-0.3, -0.25) is 9.59 Å². The molecule has 3 rings (SSSR count). The van der Waals surface area contributed by atoms with E-state index in [9.17, 15) is 18.4 Å². The maximum absolute atomic E-state index is 13.1. The molecule has 0 aliphatic heterocycles. The van der Waals surface area contributed by atoms with Crippen molar-refractivity contribution in [3.8, 4) is 0 Å². The molecule has 2 N–H and O–H groups in total. The third-order valence-electron chi connectivity index (χ3n) is 3.71. The van der Waals surface area contributed by atoms with E-state index in [0.717, 1.165) is 25.0 Å². The van der Waals surface area contributed by atoms with Crippen LogP contribution in [0.4, 0.5) is 14.5 Å². The van der Waals surface area contributed by atoms with Gasteiger partial charge in [-0.2, -0.15) is 0 Å². The fourth-order valence-corrected chi connectivity index (χ4v) is 2.06. The molecular formula is C14H14F2N2O2. The van der Waals surface area contributed by atoms with Crippen LogP contribution >= 0.6 is 0 Å². The molecule has 2 fully saturated rings. The van der Waals surface area contributed by atoms with Gasteiger partial charge in [-0.1, -0.05) is 0 Å². The van der Waals surface area contributed by atoms with Crippen molar-refractivity contribution in [1.29, 1.82) is 0 Å². The molecule has 20 heavy (non-hydrogen) atoms. The highest BCUT2D eigenvalue weighted by Gasteiger charge is 2.57. The Balaban J connectivity index is 1.68. The summed E-state index contributed by atoms with van der Waals surface area (Å²) < 4.78 is 25.9. The van der Waals surface area contributed by atoms with Crippen molar-refractivity contribution in [3.05, 3.63) is 29.8 Å². The van der Waals surface area contributed by atoms with Gasteiger partial charge in [-0.25, -0.2) is 8.78 Å². The molecule has 106 valence electrons. The second-order valence-electron chi connectivity index (χ2n) is 5.41. The van der Waals surface area contributed by atoms with Gasteiger partial charge in [0.15, 0.2) is 11.6 Å². The number of nitrogens with one attached hydrogen (secondary N) is 2. The first-order valence-electron chi connectivity index (χ1n) is 6.59. The van der Waals surface area contributed by atoms with E-state index < -0.39 is 23.0 Å². The van der Waals surface area contributed by atoms with Crippen LogP contribution in [0.25, 0.3) is 0 Å². The Labute approximate surface area is 114 Å². The Morgan fingerprint density at radius 1 is 1.10 bits per heavy atom. The minimum atomic E-state index is -1.03. The molecule has 0 heterocycles. The summed E-state index contributed by atoms with van der Waals surface area (Å²) in [5.41, 5.74) is -0.882. The second-order valence-corrected chi connectivity index (χ2v) is 5.41. The molecule has 1 aromatic carbocycles. The van der Waals surface area contributed by atoms with Crippen LogP contribution in [0.15, 0.2) is 18.2 Å². The Bertz CT molecular complexity index is 581. The summed E-state index contributed by atoms with van der Waals surface area (Å²) >= 11 is 0. The van der Waals surface area contributed by atoms with Crippen LogP contribution in [0.2, 0.25) is 0 Å². The van der Waals surface area contributed by atoms with Crippen LogP contribution < -0.4 is 10.6 Å². The minimum Gasteiger partial charge on any atom is -0.352 e. The standard InChI is InChI=1S/C14H14F2N2O2/c15-10-4-3-9(7-11(10)16)18-13(20)14(5-6-14)12(19)17-8-1-2-8/h3-4,7-8H,1-2,5-6H2,(H,17,19)(H,18,20). The highest BCUT2D eigenvalue weighted by molar-refractivity contribution is 6.13. The molecule has 0 aromatic heterocycles. The molecule has 6 heteroatoms. The Morgan fingerprint density at radius 2 is 1.80 bits per heavy atom. The lowest BCUT2D eigenvalue weighted by Gasteiger charge is -2.15. The molecule has 2 saturated carbocycles. The van der Waals surface area contributed by atoms with E-state index in [4.69, 9.17) is 0 Å². The zero-order valence-electron chi connectivity index (χ0n) is 10.7. The minimum absolute atomic E-state index is 0.152. The van der Waals surface area contributed by atoms with Crippen LogP contribution in [0, 0.1) is 17.0 Å². The molecule has 2 aliphatic carbocycles. The number of carbonyl (C=O) groups is 2. The Morgan fingerprint density at radius 3 is 2.35 bits per heavy atom. The summed E-state index contributed by atoms with van der Waals surface area (Å²) in [4.78, 5) is 24.2. The van der Waals surface area contributed by atoms with Gasteiger partial charge in [-0.05, 0) is 37.8 Å². The predicted molar refractivity (Wildman–Crippen MR) is 67.8 cm³/mol. The molecule has 0 spiro atoms. The van der Waals surface area contributed by atoms with E-state index in [2.05, 4.69) is 10.6 Å². The summed E-state index contributed by atoms with van der Waals surface area (Å²) in [6, 6.07) is 3.30. The van der Waals surface area contributed by atoms with E-state index in [1.807, 2.05) is 0 Å². The van der Waals surface area contributed by atoms with Crippen molar-refractivity contribution >= 4 is 17.5 Å². The van der Waals surface area contributed by atoms with Gasteiger partial charge in [-0.15, -0.1) is 0 Å². The molecule has 0 bridgehead atoms. The summed E-state index contributed by atoms with van der Waals surface area (Å²) in [6.07, 6.45) is 2.88. The molecule has 0 atom stereocenters. The zero-order chi connectivity index (χ0) is 14.3. The summed E-state index contributed by atoms with van der Waals surface area (Å²) in [7, 11) is 0. The fourth-order valence-electron chi connectivity index (χ4n) is 2.06. The van der Waals surface area contributed by atoms with Crippen molar-refractivity contribution in [2.45, 2.75) is 31.7 Å². The van der Waals surface area contributed by atoms with Crippen molar-refractivity contribution in [2.24, 2.45) is 5.41 Å². The van der Waals surface area contributed by atoms with Crippen LogP contribution in [0.3, 0.4) is 0 Å². The summed E-state index contributed by atoms with van der Waals surface area (Å²) in [5.74, 6) is -2.73. The highest BCUT2D eigenvalue weighted by atomic mass is 19.2. The van der Waals surface area contributed by atoms with Crippen LogP contribution in [0.1, 0.15) is 25.7 Å². The third kappa shape index (κ3) is 2.37. The summed E-state index contributed by atoms with van der Waals surface area (Å²) in [6.45, 7) is 0. The zero-order valence-corrected chi connectivity index (χ0v) is 10.7. The molecule has 2 amide bonds. The number of amides is 2. The van der Waals surface area contributed by atoms with E-state index in [1.165, 1.54) is 6.07 Å². The average molecular weight is 280 g/mol. The van der Waals surface area contributed by atoms with E-state index in [1.54, 1.807) is 0 Å². The van der Waals surface area contributed by atoms with Gasteiger partial charge in [0, 0.05) is 17.8 Å². The number of hydrogen-bond acceptors (Lipinski definition) is 2. The van der Waals surface area contributed by atoms with Gasteiger partial charge in [0.1, 0.15) is 5.41 Å². The predicted octanol–water partition coefficient (Wildman–Crippen LogP) is 1.96. The van der Waals surface area contributed by atoms with Gasteiger partial charge < -0.3 is 10.6 Å². The number of rotatable bonds is 4. The quantitative estimate of drug-likeness (QED) is 0.828. The van der Waals surface area contributed by atoms with E-state index in [-0.39, 0.29) is 17.6 Å². The topological polar surface area (TPSA) is 58.2 Å². The van der Waals surface area contributed by atoms with Gasteiger partial charge in [0.25, 0.3) is 0 Å². The molecule has 0 radical (unpaired) electrons. The SMILES string of the molecule is O=C(Nc1ccc(F)c(F)c1)C1(C(=O)NC2CC2)CC1. The normalized spacial score (nSPS) is 19.3. The third-order valence-corrected chi connectivity index (χ3v) is 3.71. The summed E-state index contributed by atoms with van der Waals surface area (Å²) in [5, 5.41) is 5.29. The average Bonchev–Trinajstić information content (AvgIpc) is 3.25. The van der Waals surface area contributed by atoms with E-state index >= 15 is 0 Å². The number of benzene rings is 1. The molecule has 1 aromatic rings. The van der Waals surface area contributed by atoms with Crippen molar-refractivity contribution in [1.82, 2.24) is 5.32 Å². The molecule has 2 aliphatic rings. The van der Waals surface area contributed by atoms with Crippen LogP contribution in [0.5, 0.6) is 0 Å². The van der Waals surface area contributed by atoms with E-state index in [0.29, 0.717) is 12.8 Å². The van der Waals surface area contributed by atoms with Crippen molar-refractivity contribution in [2.75, 3.05) is 5.32 Å². The molecule has 4 nitrogen and oxygen atoms in total. The Hall–Kier alpha value is -1.98. The Kier molecular flexibility index (Phi) is 2.96. The lowest BCUT2D eigenvalue weighted by atomic mass is 10.0. The fraction of sp³-hybridized carbons (Fsp3) is 0.429. The largest absolute Gasteiger partial charge is 0.352 e. The molecule has 0 unspecified atom stereocenters. The lowest BCUT2D eigenvalue weighted by Crippen LogP contribution is -2.40. The second kappa shape index (κ2) is 4.54. The first-order chi connectivity index (χ1) is 9.51. The van der Waals surface area contributed by atoms with Gasteiger partial charge in [0.05, 0.1) is 0 Å². The number of halogens is 2. The van der Waals surface area contributed by atoms with Gasteiger partial charge >= 0.3 is 0 Å². The number of carbonyl (C=O) groups excluding carboxylic acids is 2. The number of anilines is 1. The van der Waals surface area contributed by atoms with Crippen molar-refractivity contribution < 1.29 is 18.4 Å². The molecular weight excluding hydrogens is 266 g/mol. The number of hydrogen-bond donors (Lipinski definition) is 2. The first kappa shape index (κ1) is 13.0. The smallest absolute Gasteiger partial charge is 0.240 e. The first-order valence-corrected chi connectivity index (χ1v) is 6.59. The van der Waals surface area contributed by atoms with Crippen molar-refractivity contribution in [3.63, 3.8) is 0 Å². The monoisotopic (exact) mass is 280 g/mol. The lowest BCUT2D eigenvalue weighted by molar-refractivity contribution is -0.134. The maximum Gasteiger partial charge on any atom is 0.240 e.